The molecule has 0 radical (unpaired) electrons. The molecule has 2 aromatic carbocycles. The van der Waals surface area contributed by atoms with Gasteiger partial charge in [-0.15, -0.1) is 0 Å². The van der Waals surface area contributed by atoms with Crippen molar-refractivity contribution in [2.75, 3.05) is 17.6 Å². The number of aliphatic hydroxyl groups is 2. The number of carbonyl (C=O) groups is 1. The predicted molar refractivity (Wildman–Crippen MR) is 164 cm³/mol. The van der Waals surface area contributed by atoms with Crippen LogP contribution in [0.5, 0.6) is 0 Å². The van der Waals surface area contributed by atoms with E-state index in [4.69, 9.17) is 10.5 Å². The molecule has 1 unspecified atom stereocenters. The van der Waals surface area contributed by atoms with Gasteiger partial charge in [0.05, 0.1) is 24.7 Å². The summed E-state index contributed by atoms with van der Waals surface area (Å²) in [4.78, 5) is 25.6. The number of rotatable bonds is 13. The van der Waals surface area contributed by atoms with E-state index in [9.17, 15) is 23.4 Å². The zero-order valence-corrected chi connectivity index (χ0v) is 25.3. The fourth-order valence-electron chi connectivity index (χ4n) is 5.47. The second kappa shape index (κ2) is 13.4. The molecule has 234 valence electrons. The van der Waals surface area contributed by atoms with Crippen molar-refractivity contribution in [1.29, 1.82) is 0 Å². The zero-order valence-electron chi connectivity index (χ0n) is 24.4. The van der Waals surface area contributed by atoms with E-state index in [1.54, 1.807) is 18.4 Å². The minimum atomic E-state index is -3.55. The zero-order chi connectivity index (χ0) is 31.4. The van der Waals surface area contributed by atoms with E-state index in [1.165, 1.54) is 6.33 Å². The molecule has 0 spiro atoms. The molecule has 4 aromatic rings. The monoisotopic (exact) mass is 623 g/mol. The van der Waals surface area contributed by atoms with Gasteiger partial charge in [-0.05, 0) is 24.5 Å². The number of fused-ring (bicyclic) bond motifs is 1. The summed E-state index contributed by atoms with van der Waals surface area (Å²) in [6, 6.07) is 19.4. The Balaban J connectivity index is 1.51. The lowest BCUT2D eigenvalue weighted by molar-refractivity contribution is -0.133. The Morgan fingerprint density at radius 1 is 1.05 bits per heavy atom. The van der Waals surface area contributed by atoms with Crippen LogP contribution in [0.2, 0.25) is 0 Å². The van der Waals surface area contributed by atoms with Crippen molar-refractivity contribution in [1.82, 2.24) is 24.2 Å². The molecule has 13 nitrogen and oxygen atoms in total. The van der Waals surface area contributed by atoms with Crippen molar-refractivity contribution in [3.8, 4) is 0 Å². The van der Waals surface area contributed by atoms with Gasteiger partial charge in [0.25, 0.3) is 0 Å². The predicted octanol–water partition coefficient (Wildman–Crippen LogP) is 1.44. The topological polar surface area (TPSA) is 195 Å². The average molecular weight is 624 g/mol. The maximum absolute atomic E-state index is 12.4. The molecule has 44 heavy (non-hydrogen) atoms. The Morgan fingerprint density at radius 2 is 1.68 bits per heavy atom. The van der Waals surface area contributed by atoms with Crippen LogP contribution in [-0.4, -0.2) is 80.8 Å². The van der Waals surface area contributed by atoms with Gasteiger partial charge in [-0.2, -0.15) is 0 Å². The van der Waals surface area contributed by atoms with E-state index in [2.05, 4.69) is 49.3 Å². The SMILES string of the molecule is CCCS(=O)(=O)NCc1nc(NCC(c2ccccc2)c2ccccc2)c2ncn(C(C)[C@H]3O[C@H](C(N)=O)[C@@H](O)[C@H]3O)c2n1. The number of anilines is 1. The van der Waals surface area contributed by atoms with Gasteiger partial charge in [-0.25, -0.2) is 28.1 Å². The summed E-state index contributed by atoms with van der Waals surface area (Å²) < 4.78 is 34.7. The van der Waals surface area contributed by atoms with Crippen LogP contribution in [0.25, 0.3) is 11.2 Å². The molecule has 5 rings (SSSR count). The largest absolute Gasteiger partial charge is 0.387 e. The Bertz CT molecular complexity index is 1650. The molecule has 1 amide bonds. The van der Waals surface area contributed by atoms with Crippen LogP contribution in [0, 0.1) is 0 Å². The normalized spacial score (nSPS) is 21.1. The summed E-state index contributed by atoms with van der Waals surface area (Å²) in [5.74, 6) is -0.364. The van der Waals surface area contributed by atoms with E-state index in [0.29, 0.717) is 29.9 Å². The van der Waals surface area contributed by atoms with Gasteiger partial charge < -0.3 is 30.6 Å². The van der Waals surface area contributed by atoms with Gasteiger partial charge in [0.2, 0.25) is 15.9 Å². The first kappa shape index (κ1) is 31.5. The second-order valence-electron chi connectivity index (χ2n) is 10.9. The molecular formula is C30H37N7O6S. The maximum Gasteiger partial charge on any atom is 0.249 e. The third kappa shape index (κ3) is 6.74. The smallest absolute Gasteiger partial charge is 0.249 e. The number of hydrogen-bond acceptors (Lipinski definition) is 10. The fraction of sp³-hybridized carbons (Fsp3) is 0.400. The first-order valence-electron chi connectivity index (χ1n) is 14.4. The number of nitrogens with zero attached hydrogens (tertiary/aromatic N) is 4. The van der Waals surface area contributed by atoms with Crippen molar-refractivity contribution in [3.05, 3.63) is 83.9 Å². The summed E-state index contributed by atoms with van der Waals surface area (Å²) in [6.45, 7) is 3.79. The highest BCUT2D eigenvalue weighted by molar-refractivity contribution is 7.89. The fourth-order valence-corrected chi connectivity index (χ4v) is 6.50. The molecule has 1 aliphatic heterocycles. The molecular weight excluding hydrogens is 586 g/mol. The Kier molecular flexibility index (Phi) is 9.56. The van der Waals surface area contributed by atoms with E-state index in [0.717, 1.165) is 11.1 Å². The number of amides is 1. The molecule has 3 heterocycles. The Morgan fingerprint density at radius 3 is 2.25 bits per heavy atom. The molecule has 1 saturated heterocycles. The number of nitrogens with two attached hydrogens (primary N) is 1. The number of sulfonamides is 1. The Hall–Kier alpha value is -3.95. The van der Waals surface area contributed by atoms with E-state index in [1.807, 2.05) is 36.4 Å². The van der Waals surface area contributed by atoms with Crippen molar-refractivity contribution in [3.63, 3.8) is 0 Å². The van der Waals surface area contributed by atoms with Gasteiger partial charge >= 0.3 is 0 Å². The molecule has 6 N–H and O–H groups in total. The number of primary amides is 1. The number of benzene rings is 2. The lowest BCUT2D eigenvalue weighted by Crippen LogP contribution is -2.40. The maximum atomic E-state index is 12.4. The van der Waals surface area contributed by atoms with Crippen LogP contribution in [0.1, 0.15) is 49.2 Å². The highest BCUT2D eigenvalue weighted by Gasteiger charge is 2.48. The van der Waals surface area contributed by atoms with Crippen LogP contribution in [0.15, 0.2) is 67.0 Å². The summed E-state index contributed by atoms with van der Waals surface area (Å²) in [6.07, 6.45) is -3.29. The molecule has 1 aliphatic rings. The molecule has 14 heteroatoms. The average Bonchev–Trinajstić information content (AvgIpc) is 3.58. The van der Waals surface area contributed by atoms with E-state index in [-0.39, 0.29) is 24.0 Å². The molecule has 5 atom stereocenters. The number of imidazole rings is 1. The van der Waals surface area contributed by atoms with Crippen LogP contribution >= 0.6 is 0 Å². The summed E-state index contributed by atoms with van der Waals surface area (Å²) in [5.41, 5.74) is 8.31. The number of aliphatic hydroxyl groups excluding tert-OH is 2. The number of hydrogen-bond donors (Lipinski definition) is 5. The lowest BCUT2D eigenvalue weighted by atomic mass is 9.91. The summed E-state index contributed by atoms with van der Waals surface area (Å²) in [7, 11) is -3.55. The lowest BCUT2D eigenvalue weighted by Gasteiger charge is -2.24. The number of carbonyl (C=O) groups excluding carboxylic acids is 1. The van der Waals surface area contributed by atoms with Gasteiger partial charge in [-0.3, -0.25) is 4.79 Å². The number of nitrogens with one attached hydrogen (secondary N) is 2. The Labute approximate surface area is 255 Å². The highest BCUT2D eigenvalue weighted by atomic mass is 32.2. The second-order valence-corrected chi connectivity index (χ2v) is 12.8. The summed E-state index contributed by atoms with van der Waals surface area (Å²) in [5, 5.41) is 24.4. The van der Waals surface area contributed by atoms with Gasteiger partial charge in [0.15, 0.2) is 17.6 Å². The van der Waals surface area contributed by atoms with Crippen LogP contribution in [0.3, 0.4) is 0 Å². The first-order valence-corrected chi connectivity index (χ1v) is 16.1. The standard InChI is InChI=1S/C30H37N7O6S/c1-3-14-44(41,42)34-16-22-35-29(32-15-21(19-10-6-4-7-11-19)20-12-8-5-9-13-20)23-30(36-22)37(17-33-23)18(2)26-24(38)25(39)27(43-26)28(31)40/h4-13,17-18,21,24-27,34,38-39H,3,14-16H2,1-2H3,(H2,31,40)(H,32,35,36)/t18?,24-,25+,26-,27+/m1/s1. The molecule has 1 fully saturated rings. The quantitative estimate of drug-likeness (QED) is 0.145. The first-order chi connectivity index (χ1) is 21.1. The van der Waals surface area contributed by atoms with Crippen molar-refractivity contribution >= 4 is 32.9 Å². The third-order valence-electron chi connectivity index (χ3n) is 7.76. The number of ether oxygens (including phenoxy) is 1. The van der Waals surface area contributed by atoms with Crippen LogP contribution in [0.4, 0.5) is 5.82 Å². The van der Waals surface area contributed by atoms with Crippen LogP contribution in [-0.2, 0) is 26.1 Å². The number of aromatic nitrogens is 4. The molecule has 2 aromatic heterocycles. The van der Waals surface area contributed by atoms with Crippen molar-refractivity contribution in [2.24, 2.45) is 5.73 Å². The van der Waals surface area contributed by atoms with Gasteiger partial charge in [0, 0.05) is 12.5 Å². The van der Waals surface area contributed by atoms with Crippen molar-refractivity contribution in [2.45, 2.75) is 63.2 Å². The third-order valence-corrected chi connectivity index (χ3v) is 9.29. The van der Waals surface area contributed by atoms with E-state index < -0.39 is 46.4 Å². The van der Waals surface area contributed by atoms with Crippen LogP contribution < -0.4 is 15.8 Å². The molecule has 0 saturated carbocycles. The minimum absolute atomic E-state index is 0.0363. The van der Waals surface area contributed by atoms with Gasteiger partial charge in [0.1, 0.15) is 29.7 Å². The summed E-state index contributed by atoms with van der Waals surface area (Å²) >= 11 is 0. The molecule has 0 aliphatic carbocycles. The van der Waals surface area contributed by atoms with Crippen molar-refractivity contribution < 1.29 is 28.2 Å². The van der Waals surface area contributed by atoms with Gasteiger partial charge in [-0.1, -0.05) is 67.6 Å². The minimum Gasteiger partial charge on any atom is -0.387 e. The molecule has 0 bridgehead atoms. The highest BCUT2D eigenvalue weighted by Crippen LogP contribution is 2.32. The van der Waals surface area contributed by atoms with E-state index >= 15 is 0 Å².